The number of hydrogen-bond donors (Lipinski definition) is 0. The van der Waals surface area contributed by atoms with Crippen LogP contribution in [0.2, 0.25) is 0 Å². The molecule has 0 radical (unpaired) electrons. The molecule has 78 valence electrons. The van der Waals surface area contributed by atoms with Gasteiger partial charge in [0.25, 0.3) is 0 Å². The number of pyridine rings is 1. The van der Waals surface area contributed by atoms with Crippen molar-refractivity contribution in [2.24, 2.45) is 0 Å². The molecular weight excluding hydrogens is 209 g/mol. The van der Waals surface area contributed by atoms with E-state index in [4.69, 9.17) is 0 Å². The molecule has 0 spiro atoms. The Kier molecular flexibility index (Phi) is 2.59. The van der Waals surface area contributed by atoms with Crippen LogP contribution in [0.3, 0.4) is 0 Å². The minimum atomic E-state index is -4.97. The molecule has 1 heterocycles. The molecule has 1 aromatic rings. The standard InChI is InChI=1S/C7H4F5NO/c1-3-5(9)4(8)2-13-6(3)14-7(10,11)12/h2H,1H3. The van der Waals surface area contributed by atoms with Crippen LogP contribution in [0.5, 0.6) is 5.88 Å². The van der Waals surface area contributed by atoms with Gasteiger partial charge in [-0.15, -0.1) is 13.2 Å². The highest BCUT2D eigenvalue weighted by molar-refractivity contribution is 5.26. The molecule has 0 bridgehead atoms. The van der Waals surface area contributed by atoms with E-state index >= 15 is 0 Å². The molecular formula is C7H4F5NO. The molecule has 0 saturated heterocycles. The summed E-state index contributed by atoms with van der Waals surface area (Å²) < 4.78 is 63.5. The van der Waals surface area contributed by atoms with Crippen molar-refractivity contribution in [2.75, 3.05) is 0 Å². The average Bonchev–Trinajstić information content (AvgIpc) is 2.04. The first-order valence-electron chi connectivity index (χ1n) is 3.37. The maximum atomic E-state index is 12.7. The van der Waals surface area contributed by atoms with Crippen LogP contribution in [0.25, 0.3) is 0 Å². The third kappa shape index (κ3) is 2.30. The maximum Gasteiger partial charge on any atom is 0.574 e. The van der Waals surface area contributed by atoms with E-state index in [2.05, 4.69) is 9.72 Å². The average molecular weight is 213 g/mol. The van der Waals surface area contributed by atoms with Gasteiger partial charge in [0.1, 0.15) is 0 Å². The fourth-order valence-electron chi connectivity index (χ4n) is 0.754. The van der Waals surface area contributed by atoms with Crippen molar-refractivity contribution in [3.05, 3.63) is 23.4 Å². The first kappa shape index (κ1) is 10.7. The van der Waals surface area contributed by atoms with Crippen LogP contribution in [-0.4, -0.2) is 11.3 Å². The fourth-order valence-corrected chi connectivity index (χ4v) is 0.754. The summed E-state index contributed by atoms with van der Waals surface area (Å²) in [5.41, 5.74) is -0.623. The second kappa shape index (κ2) is 3.39. The van der Waals surface area contributed by atoms with Gasteiger partial charge in [-0.1, -0.05) is 0 Å². The van der Waals surface area contributed by atoms with E-state index in [1.807, 2.05) is 0 Å². The van der Waals surface area contributed by atoms with Gasteiger partial charge in [0, 0.05) is 0 Å². The predicted octanol–water partition coefficient (Wildman–Crippen LogP) is 2.57. The smallest absolute Gasteiger partial charge is 0.387 e. The van der Waals surface area contributed by atoms with Crippen molar-refractivity contribution in [3.63, 3.8) is 0 Å². The molecule has 0 unspecified atom stereocenters. The number of aromatic nitrogens is 1. The van der Waals surface area contributed by atoms with Gasteiger partial charge in [0.05, 0.1) is 11.8 Å². The first-order chi connectivity index (χ1) is 6.31. The summed E-state index contributed by atoms with van der Waals surface area (Å²) in [5.74, 6) is -3.72. The van der Waals surface area contributed by atoms with E-state index < -0.39 is 29.4 Å². The van der Waals surface area contributed by atoms with Crippen LogP contribution < -0.4 is 4.74 Å². The van der Waals surface area contributed by atoms with Crippen LogP contribution in [0.4, 0.5) is 22.0 Å². The van der Waals surface area contributed by atoms with Crippen molar-refractivity contribution in [1.29, 1.82) is 0 Å². The molecule has 1 rings (SSSR count). The minimum absolute atomic E-state index is 0.323. The Labute approximate surface area is 75.3 Å². The van der Waals surface area contributed by atoms with Crippen LogP contribution in [0.15, 0.2) is 6.20 Å². The summed E-state index contributed by atoms with van der Waals surface area (Å²) >= 11 is 0. The van der Waals surface area contributed by atoms with Gasteiger partial charge in [-0.3, -0.25) is 0 Å². The molecule has 14 heavy (non-hydrogen) atoms. The second-order valence-corrected chi connectivity index (χ2v) is 2.40. The Morgan fingerprint density at radius 3 is 2.36 bits per heavy atom. The van der Waals surface area contributed by atoms with E-state index in [9.17, 15) is 22.0 Å². The number of halogens is 5. The monoisotopic (exact) mass is 213 g/mol. The molecule has 0 aliphatic rings. The molecule has 0 saturated carbocycles. The van der Waals surface area contributed by atoms with E-state index in [1.165, 1.54) is 0 Å². The SMILES string of the molecule is Cc1c(OC(F)(F)F)ncc(F)c1F. The van der Waals surface area contributed by atoms with Crippen molar-refractivity contribution in [1.82, 2.24) is 4.98 Å². The highest BCUT2D eigenvalue weighted by Gasteiger charge is 2.33. The highest BCUT2D eigenvalue weighted by atomic mass is 19.4. The Morgan fingerprint density at radius 2 is 1.86 bits per heavy atom. The van der Waals surface area contributed by atoms with Gasteiger partial charge in [0.2, 0.25) is 5.88 Å². The molecule has 0 aliphatic heterocycles. The summed E-state index contributed by atoms with van der Waals surface area (Å²) in [6, 6.07) is 0. The highest BCUT2D eigenvalue weighted by Crippen LogP contribution is 2.25. The van der Waals surface area contributed by atoms with E-state index in [0.29, 0.717) is 6.20 Å². The molecule has 0 amide bonds. The van der Waals surface area contributed by atoms with Crippen molar-refractivity contribution < 1.29 is 26.7 Å². The van der Waals surface area contributed by atoms with E-state index in [-0.39, 0.29) is 0 Å². The number of nitrogens with zero attached hydrogens (tertiary/aromatic N) is 1. The van der Waals surface area contributed by atoms with Crippen LogP contribution >= 0.6 is 0 Å². The van der Waals surface area contributed by atoms with Crippen LogP contribution in [0, 0.1) is 18.6 Å². The lowest BCUT2D eigenvalue weighted by Crippen LogP contribution is -2.19. The summed E-state index contributed by atoms with van der Waals surface area (Å²) in [7, 11) is 0. The normalized spacial score (nSPS) is 11.6. The summed E-state index contributed by atoms with van der Waals surface area (Å²) in [4.78, 5) is 2.97. The van der Waals surface area contributed by atoms with Gasteiger partial charge in [0.15, 0.2) is 11.6 Å². The number of rotatable bonds is 1. The molecule has 0 aromatic carbocycles. The molecule has 0 N–H and O–H groups in total. The third-order valence-electron chi connectivity index (χ3n) is 1.37. The van der Waals surface area contributed by atoms with Crippen molar-refractivity contribution in [2.45, 2.75) is 13.3 Å². The fraction of sp³-hybridized carbons (Fsp3) is 0.286. The zero-order valence-electron chi connectivity index (χ0n) is 6.82. The van der Waals surface area contributed by atoms with Crippen LogP contribution in [0.1, 0.15) is 5.56 Å². The van der Waals surface area contributed by atoms with Gasteiger partial charge >= 0.3 is 6.36 Å². The molecule has 0 aliphatic carbocycles. The summed E-state index contributed by atoms with van der Waals surface area (Å²) in [6.45, 7) is 0.937. The zero-order valence-corrected chi connectivity index (χ0v) is 6.82. The molecule has 1 aromatic heterocycles. The molecule has 7 heteroatoms. The molecule has 0 atom stereocenters. The Hall–Kier alpha value is -1.40. The largest absolute Gasteiger partial charge is 0.574 e. The van der Waals surface area contributed by atoms with E-state index in [1.54, 1.807) is 0 Å². The van der Waals surface area contributed by atoms with Gasteiger partial charge in [-0.25, -0.2) is 13.8 Å². The Balaban J connectivity index is 3.06. The summed E-state index contributed by atoms with van der Waals surface area (Å²) in [6.07, 6.45) is -4.65. The molecule has 2 nitrogen and oxygen atoms in total. The minimum Gasteiger partial charge on any atom is -0.387 e. The van der Waals surface area contributed by atoms with Gasteiger partial charge < -0.3 is 4.74 Å². The second-order valence-electron chi connectivity index (χ2n) is 2.40. The van der Waals surface area contributed by atoms with Crippen molar-refractivity contribution in [3.8, 4) is 5.88 Å². The van der Waals surface area contributed by atoms with Gasteiger partial charge in [-0.2, -0.15) is 0 Å². The maximum absolute atomic E-state index is 12.7. The number of alkyl halides is 3. The summed E-state index contributed by atoms with van der Waals surface area (Å²) in [5, 5.41) is 0. The van der Waals surface area contributed by atoms with E-state index in [0.717, 1.165) is 6.92 Å². The van der Waals surface area contributed by atoms with Crippen molar-refractivity contribution >= 4 is 0 Å². The predicted molar refractivity (Wildman–Crippen MR) is 35.6 cm³/mol. The lowest BCUT2D eigenvalue weighted by Gasteiger charge is -2.10. The first-order valence-corrected chi connectivity index (χ1v) is 3.37. The quantitative estimate of drug-likeness (QED) is 0.669. The lowest BCUT2D eigenvalue weighted by molar-refractivity contribution is -0.276. The third-order valence-corrected chi connectivity index (χ3v) is 1.37. The Morgan fingerprint density at radius 1 is 1.29 bits per heavy atom. The number of ether oxygens (including phenoxy) is 1. The van der Waals surface area contributed by atoms with Gasteiger partial charge in [-0.05, 0) is 6.92 Å². The Bertz CT molecular complexity index is 349. The number of hydrogen-bond acceptors (Lipinski definition) is 2. The lowest BCUT2D eigenvalue weighted by atomic mass is 10.3. The van der Waals surface area contributed by atoms with Crippen LogP contribution in [-0.2, 0) is 0 Å². The molecule has 0 fully saturated rings. The topological polar surface area (TPSA) is 22.1 Å². The zero-order chi connectivity index (χ0) is 10.9.